The number of ether oxygens (including phenoxy) is 1. The van der Waals surface area contributed by atoms with E-state index in [0.29, 0.717) is 13.2 Å². The van der Waals surface area contributed by atoms with Crippen molar-refractivity contribution >= 4 is 6.03 Å². The minimum atomic E-state index is -0.592. The summed E-state index contributed by atoms with van der Waals surface area (Å²) in [6, 6.07) is -0.592. The van der Waals surface area contributed by atoms with Gasteiger partial charge in [-0.25, -0.2) is 10.2 Å². The number of hydrogen-bond acceptors (Lipinski definition) is 3. The zero-order valence-electron chi connectivity index (χ0n) is 5.31. The van der Waals surface area contributed by atoms with Gasteiger partial charge in [-0.15, -0.1) is 0 Å². The van der Waals surface area contributed by atoms with Crippen LogP contribution in [0.2, 0.25) is 0 Å². The quantitative estimate of drug-likeness (QED) is 0.333. The summed E-state index contributed by atoms with van der Waals surface area (Å²) in [5.41, 5.74) is 9.45. The molecule has 0 saturated heterocycles. The number of nitrogens with one attached hydrogen (secondary N) is 2. The molecule has 9 heavy (non-hydrogen) atoms. The second-order valence-corrected chi connectivity index (χ2v) is 1.41. The van der Waals surface area contributed by atoms with Crippen LogP contribution < -0.4 is 16.6 Å². The molecule has 0 heterocycles. The van der Waals surface area contributed by atoms with Crippen LogP contribution in [0, 0.1) is 0 Å². The van der Waals surface area contributed by atoms with E-state index in [-0.39, 0.29) is 0 Å². The molecule has 0 unspecified atom stereocenters. The van der Waals surface area contributed by atoms with Crippen LogP contribution in [0.4, 0.5) is 4.79 Å². The molecule has 0 aliphatic heterocycles. The summed E-state index contributed by atoms with van der Waals surface area (Å²) in [6.45, 7) is 1.10. The summed E-state index contributed by atoms with van der Waals surface area (Å²) >= 11 is 0. The van der Waals surface area contributed by atoms with Crippen molar-refractivity contribution in [1.82, 2.24) is 10.9 Å². The van der Waals surface area contributed by atoms with Gasteiger partial charge in [-0.3, -0.25) is 5.43 Å². The zero-order valence-corrected chi connectivity index (χ0v) is 5.31. The molecular weight excluding hydrogens is 122 g/mol. The van der Waals surface area contributed by atoms with E-state index in [0.717, 1.165) is 0 Å². The molecule has 5 heteroatoms. The third kappa shape index (κ3) is 7.19. The third-order valence-electron chi connectivity index (χ3n) is 0.643. The molecule has 0 saturated carbocycles. The number of hydrogen-bond donors (Lipinski definition) is 3. The van der Waals surface area contributed by atoms with E-state index >= 15 is 0 Å². The lowest BCUT2D eigenvalue weighted by Gasteiger charge is -2.01. The maximum Gasteiger partial charge on any atom is 0.326 e. The molecule has 5 nitrogen and oxygen atoms in total. The third-order valence-corrected chi connectivity index (χ3v) is 0.643. The molecule has 0 atom stereocenters. The van der Waals surface area contributed by atoms with E-state index in [1.165, 1.54) is 0 Å². The second-order valence-electron chi connectivity index (χ2n) is 1.41. The molecular formula is C4H11N3O2. The lowest BCUT2D eigenvalue weighted by atomic mass is 10.7. The number of rotatable bonds is 4. The normalized spacial score (nSPS) is 9.00. The fraction of sp³-hybridized carbons (Fsp3) is 0.750. The molecule has 0 aliphatic carbocycles. The summed E-state index contributed by atoms with van der Waals surface area (Å²) in [5.74, 6) is 0. The van der Waals surface area contributed by atoms with Gasteiger partial charge < -0.3 is 10.5 Å². The van der Waals surface area contributed by atoms with Crippen LogP contribution in [-0.2, 0) is 4.74 Å². The molecule has 4 N–H and O–H groups in total. The van der Waals surface area contributed by atoms with Crippen LogP contribution in [0.1, 0.15) is 0 Å². The molecule has 0 bridgehead atoms. The average molecular weight is 133 g/mol. The highest BCUT2D eigenvalue weighted by atomic mass is 16.5. The van der Waals surface area contributed by atoms with E-state index in [2.05, 4.69) is 15.6 Å². The van der Waals surface area contributed by atoms with Crippen LogP contribution in [0.3, 0.4) is 0 Å². The van der Waals surface area contributed by atoms with E-state index in [1.807, 2.05) is 0 Å². The number of carbonyl (C=O) groups is 1. The number of hydrazine groups is 1. The minimum absolute atomic E-state index is 0.542. The predicted molar refractivity (Wildman–Crippen MR) is 32.6 cm³/mol. The first-order chi connectivity index (χ1) is 4.27. The first kappa shape index (κ1) is 8.19. The predicted octanol–water partition coefficient (Wildman–Crippen LogP) is -1.19. The topological polar surface area (TPSA) is 76.4 Å². The van der Waals surface area contributed by atoms with Crippen molar-refractivity contribution < 1.29 is 9.53 Å². The van der Waals surface area contributed by atoms with E-state index in [1.54, 1.807) is 7.11 Å². The van der Waals surface area contributed by atoms with E-state index in [9.17, 15) is 4.79 Å². The standard InChI is InChI=1S/C4H11N3O2/c1-9-3-2-6-7-4(5)8/h6H,2-3H2,1H3,(H3,5,7,8). The molecule has 0 aromatic heterocycles. The molecule has 2 amide bonds. The molecule has 0 radical (unpaired) electrons. The monoisotopic (exact) mass is 133 g/mol. The number of nitrogens with two attached hydrogens (primary N) is 1. The highest BCUT2D eigenvalue weighted by molar-refractivity contribution is 5.70. The van der Waals surface area contributed by atoms with Crippen molar-refractivity contribution in [2.75, 3.05) is 20.3 Å². The van der Waals surface area contributed by atoms with E-state index < -0.39 is 6.03 Å². The largest absolute Gasteiger partial charge is 0.383 e. The van der Waals surface area contributed by atoms with Gasteiger partial charge in [0.2, 0.25) is 0 Å². The van der Waals surface area contributed by atoms with Gasteiger partial charge in [-0.05, 0) is 0 Å². The Kier molecular flexibility index (Phi) is 4.85. The molecule has 0 spiro atoms. The maximum atomic E-state index is 9.97. The van der Waals surface area contributed by atoms with Gasteiger partial charge in [0.1, 0.15) is 0 Å². The Hall–Kier alpha value is -0.810. The second kappa shape index (κ2) is 5.33. The smallest absolute Gasteiger partial charge is 0.326 e. The Morgan fingerprint density at radius 3 is 2.89 bits per heavy atom. The van der Waals surface area contributed by atoms with Crippen molar-refractivity contribution in [1.29, 1.82) is 0 Å². The first-order valence-electron chi connectivity index (χ1n) is 2.54. The maximum absolute atomic E-state index is 9.97. The Bertz CT molecular complexity index is 85.9. The molecule has 0 aliphatic rings. The summed E-state index contributed by atoms with van der Waals surface area (Å²) < 4.78 is 4.67. The average Bonchev–Trinajstić information content (AvgIpc) is 1.80. The van der Waals surface area contributed by atoms with E-state index in [4.69, 9.17) is 5.73 Å². The van der Waals surface area contributed by atoms with Crippen molar-refractivity contribution in [2.24, 2.45) is 5.73 Å². The van der Waals surface area contributed by atoms with Crippen molar-refractivity contribution in [2.45, 2.75) is 0 Å². The lowest BCUT2D eigenvalue weighted by Crippen LogP contribution is -2.42. The summed E-state index contributed by atoms with van der Waals surface area (Å²) in [5, 5.41) is 0. The van der Waals surface area contributed by atoms with Gasteiger partial charge in [0, 0.05) is 13.7 Å². The van der Waals surface area contributed by atoms with Crippen LogP contribution in [-0.4, -0.2) is 26.3 Å². The van der Waals surface area contributed by atoms with Crippen molar-refractivity contribution in [3.8, 4) is 0 Å². The van der Waals surface area contributed by atoms with Crippen LogP contribution in [0.25, 0.3) is 0 Å². The number of amides is 2. The van der Waals surface area contributed by atoms with Gasteiger partial charge >= 0.3 is 6.03 Å². The van der Waals surface area contributed by atoms with Gasteiger partial charge in [-0.1, -0.05) is 0 Å². The zero-order chi connectivity index (χ0) is 7.11. The summed E-state index contributed by atoms with van der Waals surface area (Å²) in [7, 11) is 1.58. The fourth-order valence-electron chi connectivity index (χ4n) is 0.303. The van der Waals surface area contributed by atoms with Crippen LogP contribution in [0.15, 0.2) is 0 Å². The Balaban J connectivity index is 2.83. The summed E-state index contributed by atoms with van der Waals surface area (Å²) in [6.07, 6.45) is 0. The Morgan fingerprint density at radius 1 is 1.78 bits per heavy atom. The number of primary amides is 1. The Labute approximate surface area is 53.5 Å². The van der Waals surface area contributed by atoms with Gasteiger partial charge in [0.15, 0.2) is 0 Å². The number of urea groups is 1. The molecule has 0 aromatic carbocycles. The Morgan fingerprint density at radius 2 is 2.44 bits per heavy atom. The van der Waals surface area contributed by atoms with Gasteiger partial charge in [-0.2, -0.15) is 0 Å². The van der Waals surface area contributed by atoms with Crippen molar-refractivity contribution in [3.05, 3.63) is 0 Å². The van der Waals surface area contributed by atoms with Crippen molar-refractivity contribution in [3.63, 3.8) is 0 Å². The van der Waals surface area contributed by atoms with Gasteiger partial charge in [0.05, 0.1) is 6.61 Å². The molecule has 0 rings (SSSR count). The highest BCUT2D eigenvalue weighted by Gasteiger charge is 1.86. The lowest BCUT2D eigenvalue weighted by molar-refractivity contribution is 0.194. The SMILES string of the molecule is COCCNNC(N)=O. The molecule has 0 aromatic rings. The molecule has 54 valence electrons. The number of carbonyl (C=O) groups excluding carboxylic acids is 1. The van der Waals surface area contributed by atoms with Gasteiger partial charge in [0.25, 0.3) is 0 Å². The fourth-order valence-corrected chi connectivity index (χ4v) is 0.303. The van der Waals surface area contributed by atoms with Crippen LogP contribution in [0.5, 0.6) is 0 Å². The first-order valence-corrected chi connectivity index (χ1v) is 2.54. The summed E-state index contributed by atoms with van der Waals surface area (Å²) in [4.78, 5) is 9.97. The number of methoxy groups -OCH3 is 1. The highest BCUT2D eigenvalue weighted by Crippen LogP contribution is 1.59. The molecule has 0 fully saturated rings. The van der Waals surface area contributed by atoms with Crippen LogP contribution >= 0.6 is 0 Å². The minimum Gasteiger partial charge on any atom is -0.383 e.